The van der Waals surface area contributed by atoms with E-state index in [4.69, 9.17) is 9.47 Å². The van der Waals surface area contributed by atoms with Crippen molar-refractivity contribution < 1.29 is 14.3 Å². The van der Waals surface area contributed by atoms with Crippen LogP contribution >= 0.6 is 11.3 Å². The van der Waals surface area contributed by atoms with Gasteiger partial charge in [-0.05, 0) is 55.0 Å². The SMILES string of the molecule is COCCOC(=O)c1sc2nc(CNc3ccc4c(c3)CCC4)[nH]c(=O)c2c1C. The van der Waals surface area contributed by atoms with Crippen molar-refractivity contribution in [1.29, 1.82) is 0 Å². The summed E-state index contributed by atoms with van der Waals surface area (Å²) in [5.41, 5.74) is 4.17. The molecule has 0 saturated heterocycles. The Kier molecular flexibility index (Phi) is 5.64. The first-order chi connectivity index (χ1) is 14.1. The van der Waals surface area contributed by atoms with Crippen LogP contribution in [-0.4, -0.2) is 36.3 Å². The van der Waals surface area contributed by atoms with Crippen molar-refractivity contribution >= 4 is 33.2 Å². The maximum absolute atomic E-state index is 12.6. The Hall–Kier alpha value is -2.71. The average molecular weight is 413 g/mol. The number of thiophene rings is 1. The summed E-state index contributed by atoms with van der Waals surface area (Å²) in [5, 5.41) is 3.77. The largest absolute Gasteiger partial charge is 0.459 e. The van der Waals surface area contributed by atoms with E-state index in [-0.39, 0.29) is 12.2 Å². The van der Waals surface area contributed by atoms with Crippen LogP contribution < -0.4 is 10.9 Å². The summed E-state index contributed by atoms with van der Waals surface area (Å²) in [6.07, 6.45) is 3.47. The molecule has 1 aliphatic carbocycles. The predicted molar refractivity (Wildman–Crippen MR) is 113 cm³/mol. The Morgan fingerprint density at radius 1 is 1.28 bits per heavy atom. The smallest absolute Gasteiger partial charge is 0.348 e. The number of hydrogen-bond acceptors (Lipinski definition) is 7. The van der Waals surface area contributed by atoms with Gasteiger partial charge >= 0.3 is 5.97 Å². The topological polar surface area (TPSA) is 93.3 Å². The number of methoxy groups -OCH3 is 1. The molecule has 7 nitrogen and oxygen atoms in total. The molecule has 29 heavy (non-hydrogen) atoms. The van der Waals surface area contributed by atoms with E-state index in [2.05, 4.69) is 33.5 Å². The lowest BCUT2D eigenvalue weighted by Crippen LogP contribution is -2.14. The summed E-state index contributed by atoms with van der Waals surface area (Å²) in [7, 11) is 1.54. The number of hydrogen-bond donors (Lipinski definition) is 2. The molecule has 0 fully saturated rings. The summed E-state index contributed by atoms with van der Waals surface area (Å²) in [5.74, 6) is 0.0725. The molecule has 152 valence electrons. The van der Waals surface area contributed by atoms with Gasteiger partial charge in [-0.1, -0.05) is 6.07 Å². The first-order valence-electron chi connectivity index (χ1n) is 9.61. The zero-order valence-electron chi connectivity index (χ0n) is 16.5. The highest BCUT2D eigenvalue weighted by Crippen LogP contribution is 2.28. The Labute approximate surface area is 172 Å². The molecule has 3 aromatic rings. The van der Waals surface area contributed by atoms with Gasteiger partial charge in [-0.2, -0.15) is 0 Å². The highest BCUT2D eigenvalue weighted by Gasteiger charge is 2.20. The molecule has 0 atom stereocenters. The van der Waals surface area contributed by atoms with Gasteiger partial charge in [0.25, 0.3) is 5.56 Å². The zero-order chi connectivity index (χ0) is 20.4. The van der Waals surface area contributed by atoms with Crippen LogP contribution in [0.5, 0.6) is 0 Å². The maximum Gasteiger partial charge on any atom is 0.348 e. The van der Waals surface area contributed by atoms with Crippen molar-refractivity contribution in [3.05, 3.63) is 55.9 Å². The third-order valence-electron chi connectivity index (χ3n) is 5.11. The van der Waals surface area contributed by atoms with E-state index < -0.39 is 5.97 Å². The lowest BCUT2D eigenvalue weighted by atomic mass is 10.1. The second-order valence-electron chi connectivity index (χ2n) is 7.07. The van der Waals surface area contributed by atoms with Crippen molar-refractivity contribution in [3.8, 4) is 0 Å². The van der Waals surface area contributed by atoms with Crippen molar-refractivity contribution in [3.63, 3.8) is 0 Å². The van der Waals surface area contributed by atoms with E-state index in [9.17, 15) is 9.59 Å². The van der Waals surface area contributed by atoms with Crippen LogP contribution in [0.1, 0.15) is 38.6 Å². The van der Waals surface area contributed by atoms with Gasteiger partial charge in [0, 0.05) is 12.8 Å². The molecule has 2 N–H and O–H groups in total. The number of carbonyl (C=O) groups is 1. The first-order valence-corrected chi connectivity index (χ1v) is 10.4. The molecule has 1 aromatic carbocycles. The number of aromatic nitrogens is 2. The summed E-state index contributed by atoms with van der Waals surface area (Å²) in [4.78, 5) is 33.2. The van der Waals surface area contributed by atoms with Crippen molar-refractivity contribution in [2.75, 3.05) is 25.6 Å². The van der Waals surface area contributed by atoms with Crippen molar-refractivity contribution in [2.45, 2.75) is 32.7 Å². The third-order valence-corrected chi connectivity index (χ3v) is 6.28. The molecule has 0 radical (unpaired) electrons. The monoisotopic (exact) mass is 413 g/mol. The van der Waals surface area contributed by atoms with E-state index in [0.29, 0.717) is 39.6 Å². The summed E-state index contributed by atoms with van der Waals surface area (Å²) in [6, 6.07) is 6.39. The van der Waals surface area contributed by atoms with Crippen LogP contribution in [-0.2, 0) is 28.9 Å². The molecule has 0 unspecified atom stereocenters. The molecule has 0 amide bonds. The Balaban J connectivity index is 1.53. The molecule has 2 aromatic heterocycles. The fourth-order valence-electron chi connectivity index (χ4n) is 3.62. The van der Waals surface area contributed by atoms with Crippen LogP contribution in [0.25, 0.3) is 10.2 Å². The quantitative estimate of drug-likeness (QED) is 0.456. The number of ether oxygens (including phenoxy) is 2. The number of esters is 1. The highest BCUT2D eigenvalue weighted by molar-refractivity contribution is 7.20. The molecule has 1 aliphatic rings. The number of carbonyl (C=O) groups excluding carboxylic acids is 1. The third kappa shape index (κ3) is 4.04. The van der Waals surface area contributed by atoms with E-state index >= 15 is 0 Å². The fraction of sp³-hybridized carbons (Fsp3) is 0.381. The minimum absolute atomic E-state index is 0.169. The van der Waals surface area contributed by atoms with Gasteiger partial charge in [0.05, 0.1) is 18.5 Å². The minimum atomic E-state index is -0.459. The van der Waals surface area contributed by atoms with Crippen molar-refractivity contribution in [1.82, 2.24) is 9.97 Å². The highest BCUT2D eigenvalue weighted by atomic mass is 32.1. The van der Waals surface area contributed by atoms with E-state index in [1.165, 1.54) is 28.9 Å². The Morgan fingerprint density at radius 3 is 2.93 bits per heavy atom. The van der Waals surface area contributed by atoms with Gasteiger partial charge < -0.3 is 19.8 Å². The second kappa shape index (κ2) is 8.34. The van der Waals surface area contributed by atoms with Gasteiger partial charge in [0.2, 0.25) is 0 Å². The molecule has 4 rings (SSSR count). The molecular formula is C21H23N3O4S. The Bertz CT molecular complexity index is 1120. The summed E-state index contributed by atoms with van der Waals surface area (Å²) in [6.45, 7) is 2.63. The molecule has 0 bridgehead atoms. The standard InChI is InChI=1S/C21H23N3O4S/c1-12-17-19(25)23-16(11-22-15-7-6-13-4-3-5-14(13)10-15)24-20(17)29-18(12)21(26)28-9-8-27-2/h6-7,10,22H,3-5,8-9,11H2,1-2H3,(H,23,24,25). The van der Waals surface area contributed by atoms with Crippen LogP contribution in [0.3, 0.4) is 0 Å². The second-order valence-corrected chi connectivity index (χ2v) is 8.07. The molecule has 2 heterocycles. The molecule has 0 spiro atoms. The van der Waals surface area contributed by atoms with Gasteiger partial charge in [0.1, 0.15) is 22.1 Å². The van der Waals surface area contributed by atoms with Crippen LogP contribution in [0.2, 0.25) is 0 Å². The number of anilines is 1. The number of nitrogens with zero attached hydrogens (tertiary/aromatic N) is 1. The number of aromatic amines is 1. The van der Waals surface area contributed by atoms with Gasteiger partial charge in [-0.3, -0.25) is 4.79 Å². The first kappa shape index (κ1) is 19.6. The molecule has 0 aliphatic heterocycles. The van der Waals surface area contributed by atoms with Gasteiger partial charge in [0.15, 0.2) is 0 Å². The maximum atomic E-state index is 12.6. The summed E-state index contributed by atoms with van der Waals surface area (Å²) >= 11 is 1.18. The van der Waals surface area contributed by atoms with Crippen LogP contribution in [0.4, 0.5) is 5.69 Å². The molecule has 8 heteroatoms. The number of rotatable bonds is 7. The van der Waals surface area contributed by atoms with E-state index in [1.807, 2.05) is 0 Å². The molecular weight excluding hydrogens is 390 g/mol. The van der Waals surface area contributed by atoms with Crippen LogP contribution in [0, 0.1) is 6.92 Å². The van der Waals surface area contributed by atoms with E-state index in [0.717, 1.165) is 18.5 Å². The van der Waals surface area contributed by atoms with Gasteiger partial charge in [-0.15, -0.1) is 11.3 Å². The van der Waals surface area contributed by atoms with Crippen molar-refractivity contribution in [2.24, 2.45) is 0 Å². The van der Waals surface area contributed by atoms with Crippen LogP contribution in [0.15, 0.2) is 23.0 Å². The lowest BCUT2D eigenvalue weighted by Gasteiger charge is -2.08. The number of benzene rings is 1. The predicted octanol–water partition coefficient (Wildman–Crippen LogP) is 3.20. The fourth-order valence-corrected chi connectivity index (χ4v) is 4.71. The number of nitrogens with one attached hydrogen (secondary N) is 2. The number of H-pyrrole nitrogens is 1. The minimum Gasteiger partial charge on any atom is -0.459 e. The Morgan fingerprint density at radius 2 is 2.10 bits per heavy atom. The normalized spacial score (nSPS) is 12.9. The number of aryl methyl sites for hydroxylation is 3. The average Bonchev–Trinajstić information content (AvgIpc) is 3.30. The zero-order valence-corrected chi connectivity index (χ0v) is 17.3. The number of fused-ring (bicyclic) bond motifs is 2. The molecule has 0 saturated carbocycles. The van der Waals surface area contributed by atoms with Gasteiger partial charge in [-0.25, -0.2) is 9.78 Å². The van der Waals surface area contributed by atoms with E-state index in [1.54, 1.807) is 14.0 Å². The summed E-state index contributed by atoms with van der Waals surface area (Å²) < 4.78 is 10.1. The lowest BCUT2D eigenvalue weighted by molar-refractivity contribution is 0.0393.